The van der Waals surface area contributed by atoms with E-state index in [0.717, 1.165) is 5.56 Å². The number of carbonyl (C=O) groups excluding carboxylic acids is 1. The number of amides is 1. The lowest BCUT2D eigenvalue weighted by Gasteiger charge is -2.34. The van der Waals surface area contributed by atoms with Crippen LogP contribution in [0.1, 0.15) is 5.56 Å². The molecule has 0 aliphatic carbocycles. The van der Waals surface area contributed by atoms with Gasteiger partial charge in [0.1, 0.15) is 5.75 Å². The highest BCUT2D eigenvalue weighted by atomic mass is 16.5. The molecular formula is C17H18N2O3. The van der Waals surface area contributed by atoms with E-state index in [-0.39, 0.29) is 19.1 Å². The number of rotatable bonds is 4. The van der Waals surface area contributed by atoms with Crippen molar-refractivity contribution in [1.82, 2.24) is 0 Å². The number of nitrogens with two attached hydrogens (primary N) is 1. The number of ether oxygens (including phenoxy) is 1. The third-order valence-corrected chi connectivity index (χ3v) is 3.67. The fraction of sp³-hybridized carbons (Fsp3) is 0.235. The molecule has 1 aliphatic heterocycles. The molecule has 0 radical (unpaired) electrons. The highest BCUT2D eigenvalue weighted by Gasteiger charge is 2.34. The molecule has 5 heteroatoms. The Hall–Kier alpha value is -2.53. The molecule has 5 nitrogen and oxygen atoms in total. The van der Waals surface area contributed by atoms with Crippen molar-refractivity contribution in [2.24, 2.45) is 0 Å². The number of carbonyl (C=O) groups is 1. The number of hydrogen-bond donors (Lipinski definition) is 2. The topological polar surface area (TPSA) is 75.8 Å². The van der Waals surface area contributed by atoms with Crippen molar-refractivity contribution in [3.63, 3.8) is 0 Å². The molecule has 2 aromatic carbocycles. The fourth-order valence-electron chi connectivity index (χ4n) is 2.63. The first kappa shape index (κ1) is 14.4. The molecule has 0 saturated heterocycles. The Morgan fingerprint density at radius 1 is 1.18 bits per heavy atom. The molecule has 0 saturated carbocycles. The molecule has 3 N–H and O–H groups in total. The molecule has 1 aliphatic rings. The van der Waals surface area contributed by atoms with Crippen LogP contribution in [0.4, 0.5) is 11.4 Å². The van der Waals surface area contributed by atoms with Gasteiger partial charge in [-0.25, -0.2) is 0 Å². The summed E-state index contributed by atoms with van der Waals surface area (Å²) in [7, 11) is 0. The molecule has 1 heterocycles. The average molecular weight is 298 g/mol. The van der Waals surface area contributed by atoms with Crippen LogP contribution in [0.25, 0.3) is 0 Å². The lowest BCUT2D eigenvalue weighted by atomic mass is 10.0. The number of β-amino-alcohol motifs (C(OH)–C–C–N with tert-alkyl or cyclic N) is 1. The summed E-state index contributed by atoms with van der Waals surface area (Å²) >= 11 is 0. The Bertz CT molecular complexity index is 673. The molecule has 0 spiro atoms. The summed E-state index contributed by atoms with van der Waals surface area (Å²) in [5.74, 6) is 0.458. The molecular weight excluding hydrogens is 280 g/mol. The number of hydrogen-bond acceptors (Lipinski definition) is 4. The fourth-order valence-corrected chi connectivity index (χ4v) is 2.63. The molecule has 0 aromatic heterocycles. The van der Waals surface area contributed by atoms with Crippen LogP contribution in [0.2, 0.25) is 0 Å². The lowest BCUT2D eigenvalue weighted by molar-refractivity contribution is -0.126. The summed E-state index contributed by atoms with van der Waals surface area (Å²) in [6.45, 7) is 0.113. The van der Waals surface area contributed by atoms with Crippen molar-refractivity contribution >= 4 is 17.3 Å². The Balaban J connectivity index is 1.91. The van der Waals surface area contributed by atoms with Gasteiger partial charge in [0, 0.05) is 18.7 Å². The summed E-state index contributed by atoms with van der Waals surface area (Å²) in [5, 5.41) is 9.24. The van der Waals surface area contributed by atoms with Crippen LogP contribution in [0, 0.1) is 0 Å². The second-order valence-corrected chi connectivity index (χ2v) is 5.24. The van der Waals surface area contributed by atoms with Gasteiger partial charge < -0.3 is 20.5 Å². The summed E-state index contributed by atoms with van der Waals surface area (Å²) in [4.78, 5) is 14.2. The van der Waals surface area contributed by atoms with Gasteiger partial charge in [-0.3, -0.25) is 4.79 Å². The number of fused-ring (bicyclic) bond motifs is 1. The molecule has 1 atom stereocenters. The van der Waals surface area contributed by atoms with Crippen molar-refractivity contribution in [2.75, 3.05) is 23.8 Å². The second kappa shape index (κ2) is 6.07. The van der Waals surface area contributed by atoms with Gasteiger partial charge in [-0.15, -0.1) is 0 Å². The van der Waals surface area contributed by atoms with Crippen LogP contribution in [-0.2, 0) is 11.2 Å². The maximum Gasteiger partial charge on any atom is 0.268 e. The van der Waals surface area contributed by atoms with Gasteiger partial charge in [-0.2, -0.15) is 0 Å². The van der Waals surface area contributed by atoms with Gasteiger partial charge in [0.05, 0.1) is 12.3 Å². The minimum absolute atomic E-state index is 0.113. The number of anilines is 2. The van der Waals surface area contributed by atoms with Gasteiger partial charge >= 0.3 is 0 Å². The Morgan fingerprint density at radius 3 is 2.68 bits per heavy atom. The van der Waals surface area contributed by atoms with Gasteiger partial charge in [-0.1, -0.05) is 30.3 Å². The van der Waals surface area contributed by atoms with Gasteiger partial charge in [0.25, 0.3) is 5.91 Å². The van der Waals surface area contributed by atoms with Crippen molar-refractivity contribution < 1.29 is 14.6 Å². The third-order valence-electron chi connectivity index (χ3n) is 3.67. The van der Waals surface area contributed by atoms with E-state index in [1.54, 1.807) is 23.1 Å². The molecule has 3 rings (SSSR count). The predicted octanol–water partition coefficient (Wildman–Crippen LogP) is 1.60. The first-order chi connectivity index (χ1) is 10.7. The molecule has 22 heavy (non-hydrogen) atoms. The zero-order valence-electron chi connectivity index (χ0n) is 12.1. The number of benzene rings is 2. The van der Waals surface area contributed by atoms with Crippen molar-refractivity contribution in [3.05, 3.63) is 54.1 Å². The van der Waals surface area contributed by atoms with E-state index in [1.165, 1.54) is 0 Å². The SMILES string of the molecule is Nc1ccc2c(c1)N(CCO)C(=O)C(Cc1ccccc1)O2. The maximum absolute atomic E-state index is 12.6. The summed E-state index contributed by atoms with van der Waals surface area (Å²) in [5.41, 5.74) is 7.99. The van der Waals surface area contributed by atoms with E-state index in [4.69, 9.17) is 10.5 Å². The zero-order valence-corrected chi connectivity index (χ0v) is 12.1. The predicted molar refractivity (Wildman–Crippen MR) is 84.9 cm³/mol. The summed E-state index contributed by atoms with van der Waals surface area (Å²) in [6, 6.07) is 14.9. The number of aliphatic hydroxyl groups excluding tert-OH is 1. The second-order valence-electron chi connectivity index (χ2n) is 5.24. The van der Waals surface area contributed by atoms with E-state index < -0.39 is 6.10 Å². The van der Waals surface area contributed by atoms with Crippen LogP contribution in [0.15, 0.2) is 48.5 Å². The van der Waals surface area contributed by atoms with Crippen molar-refractivity contribution in [2.45, 2.75) is 12.5 Å². The minimum atomic E-state index is -0.593. The smallest absolute Gasteiger partial charge is 0.268 e. The van der Waals surface area contributed by atoms with E-state index in [2.05, 4.69) is 0 Å². The Morgan fingerprint density at radius 2 is 1.95 bits per heavy atom. The van der Waals surface area contributed by atoms with Crippen LogP contribution < -0.4 is 15.4 Å². The molecule has 1 amide bonds. The maximum atomic E-state index is 12.6. The van der Waals surface area contributed by atoms with Gasteiger partial charge in [-0.05, 0) is 23.8 Å². The van der Waals surface area contributed by atoms with Gasteiger partial charge in [0.2, 0.25) is 0 Å². The Kier molecular flexibility index (Phi) is 3.98. The van der Waals surface area contributed by atoms with E-state index in [0.29, 0.717) is 23.5 Å². The third kappa shape index (κ3) is 2.76. The summed E-state index contributed by atoms with van der Waals surface area (Å²) in [6.07, 6.45) is -0.101. The van der Waals surface area contributed by atoms with E-state index in [1.807, 2.05) is 30.3 Å². The number of aliphatic hydroxyl groups is 1. The van der Waals surface area contributed by atoms with Crippen LogP contribution in [-0.4, -0.2) is 30.3 Å². The number of nitrogens with zero attached hydrogens (tertiary/aromatic N) is 1. The van der Waals surface area contributed by atoms with Crippen LogP contribution in [0.3, 0.4) is 0 Å². The normalized spacial score (nSPS) is 17.0. The standard InChI is InChI=1S/C17H18N2O3/c18-13-6-7-15-14(11-13)19(8-9-20)17(21)16(22-15)10-12-4-2-1-3-5-12/h1-7,11,16,20H,8-10,18H2. The molecule has 2 aromatic rings. The first-order valence-electron chi connectivity index (χ1n) is 7.21. The van der Waals surface area contributed by atoms with Gasteiger partial charge in [0.15, 0.2) is 6.10 Å². The highest BCUT2D eigenvalue weighted by Crippen LogP contribution is 2.36. The quantitative estimate of drug-likeness (QED) is 0.841. The molecule has 0 fully saturated rings. The van der Waals surface area contributed by atoms with Crippen LogP contribution in [0.5, 0.6) is 5.75 Å². The lowest BCUT2D eigenvalue weighted by Crippen LogP contribution is -2.48. The monoisotopic (exact) mass is 298 g/mol. The summed E-state index contributed by atoms with van der Waals surface area (Å²) < 4.78 is 5.85. The molecule has 114 valence electrons. The number of nitrogen functional groups attached to an aromatic ring is 1. The molecule has 0 bridgehead atoms. The van der Waals surface area contributed by atoms with Crippen LogP contribution >= 0.6 is 0 Å². The van der Waals surface area contributed by atoms with Crippen molar-refractivity contribution in [3.8, 4) is 5.75 Å². The largest absolute Gasteiger partial charge is 0.478 e. The first-order valence-corrected chi connectivity index (χ1v) is 7.21. The Labute approximate surface area is 128 Å². The highest BCUT2D eigenvalue weighted by molar-refractivity contribution is 6.00. The molecule has 1 unspecified atom stereocenters. The van der Waals surface area contributed by atoms with Crippen molar-refractivity contribution in [1.29, 1.82) is 0 Å². The zero-order chi connectivity index (χ0) is 15.5. The average Bonchev–Trinajstić information content (AvgIpc) is 2.53. The van der Waals surface area contributed by atoms with E-state index >= 15 is 0 Å². The minimum Gasteiger partial charge on any atom is -0.478 e. The van der Waals surface area contributed by atoms with E-state index in [9.17, 15) is 9.90 Å².